The number of anilines is 1. The summed E-state index contributed by atoms with van der Waals surface area (Å²) in [5.41, 5.74) is 0.619. The van der Waals surface area contributed by atoms with E-state index in [9.17, 15) is 14.7 Å². The molecule has 0 bridgehead atoms. The molecule has 0 saturated heterocycles. The highest BCUT2D eigenvalue weighted by molar-refractivity contribution is 5.89. The van der Waals surface area contributed by atoms with E-state index in [1.54, 1.807) is 18.2 Å². The highest BCUT2D eigenvalue weighted by Gasteiger charge is 2.13. The maximum Gasteiger partial charge on any atom is 0.319 e. The molecule has 21 heavy (non-hydrogen) atoms. The quantitative estimate of drug-likeness (QED) is 0.726. The van der Waals surface area contributed by atoms with E-state index in [0.717, 1.165) is 12.8 Å². The second-order valence-electron chi connectivity index (χ2n) is 4.63. The summed E-state index contributed by atoms with van der Waals surface area (Å²) in [6.45, 7) is 0.681. The number of hydrogen-bond acceptors (Lipinski definition) is 5. The van der Waals surface area contributed by atoms with Gasteiger partial charge in [0.25, 0.3) is 0 Å². The first-order chi connectivity index (χ1) is 10.1. The summed E-state index contributed by atoms with van der Waals surface area (Å²) in [7, 11) is 0. The molecule has 0 radical (unpaired) electrons. The van der Waals surface area contributed by atoms with Gasteiger partial charge in [0.05, 0.1) is 0 Å². The van der Waals surface area contributed by atoms with Crippen LogP contribution in [0.25, 0.3) is 0 Å². The number of nitrogens with one attached hydrogen (secondary N) is 2. The number of urea groups is 1. The van der Waals surface area contributed by atoms with Crippen molar-refractivity contribution in [2.24, 2.45) is 0 Å². The van der Waals surface area contributed by atoms with Crippen molar-refractivity contribution in [3.8, 4) is 11.5 Å². The van der Waals surface area contributed by atoms with Crippen molar-refractivity contribution in [2.75, 3.05) is 18.7 Å². The van der Waals surface area contributed by atoms with Crippen molar-refractivity contribution in [1.82, 2.24) is 5.32 Å². The predicted molar refractivity (Wildman–Crippen MR) is 73.1 cm³/mol. The van der Waals surface area contributed by atoms with E-state index < -0.39 is 5.97 Å². The fourth-order valence-electron chi connectivity index (χ4n) is 1.92. The van der Waals surface area contributed by atoms with Gasteiger partial charge in [0.1, 0.15) is 0 Å². The van der Waals surface area contributed by atoms with Crippen LogP contribution in [0.5, 0.6) is 11.5 Å². The summed E-state index contributed by atoms with van der Waals surface area (Å²) < 4.78 is 10.4. The topological polar surface area (TPSA) is 99.7 Å². The largest absolute Gasteiger partial charge is 0.550 e. The van der Waals surface area contributed by atoms with E-state index in [0.29, 0.717) is 30.2 Å². The molecule has 114 valence electrons. The van der Waals surface area contributed by atoms with Crippen molar-refractivity contribution in [3.63, 3.8) is 0 Å². The Kier molecular flexibility index (Phi) is 5.25. The molecule has 1 aromatic rings. The first kappa shape index (κ1) is 15.0. The molecule has 0 atom stereocenters. The lowest BCUT2D eigenvalue weighted by Gasteiger charge is -2.08. The summed E-state index contributed by atoms with van der Waals surface area (Å²) >= 11 is 0. The van der Waals surface area contributed by atoms with Crippen LogP contribution in [0.15, 0.2) is 18.2 Å². The van der Waals surface area contributed by atoms with Crippen LogP contribution in [-0.2, 0) is 4.79 Å². The summed E-state index contributed by atoms with van der Waals surface area (Å²) in [6, 6.07) is 4.85. The monoisotopic (exact) mass is 293 g/mol. The Hall–Kier alpha value is -2.44. The molecule has 1 aliphatic heterocycles. The number of amides is 2. The van der Waals surface area contributed by atoms with E-state index >= 15 is 0 Å². The zero-order chi connectivity index (χ0) is 15.1. The van der Waals surface area contributed by atoms with Crippen LogP contribution in [0.1, 0.15) is 25.7 Å². The number of rotatable bonds is 7. The van der Waals surface area contributed by atoms with Crippen molar-refractivity contribution < 1.29 is 24.2 Å². The van der Waals surface area contributed by atoms with Gasteiger partial charge in [-0.1, -0.05) is 6.42 Å². The molecule has 0 saturated carbocycles. The van der Waals surface area contributed by atoms with Gasteiger partial charge in [-0.2, -0.15) is 0 Å². The van der Waals surface area contributed by atoms with Crippen LogP contribution in [0.4, 0.5) is 10.5 Å². The minimum Gasteiger partial charge on any atom is -0.550 e. The zero-order valence-electron chi connectivity index (χ0n) is 11.5. The van der Waals surface area contributed by atoms with Gasteiger partial charge in [-0.25, -0.2) is 4.79 Å². The van der Waals surface area contributed by atoms with Crippen LogP contribution in [-0.4, -0.2) is 25.3 Å². The third kappa shape index (κ3) is 4.87. The Balaban J connectivity index is 1.64. The number of fused-ring (bicyclic) bond motifs is 1. The molecule has 2 amide bonds. The van der Waals surface area contributed by atoms with Crippen LogP contribution in [0.3, 0.4) is 0 Å². The minimum absolute atomic E-state index is 0.0589. The summed E-state index contributed by atoms with van der Waals surface area (Å²) in [6.07, 6.45) is 2.08. The van der Waals surface area contributed by atoms with E-state index in [2.05, 4.69) is 10.6 Å². The van der Waals surface area contributed by atoms with Gasteiger partial charge in [0.2, 0.25) is 6.79 Å². The van der Waals surface area contributed by atoms with Gasteiger partial charge in [-0.05, 0) is 31.4 Å². The molecular formula is C14H17N2O5-. The van der Waals surface area contributed by atoms with Gasteiger partial charge < -0.3 is 30.0 Å². The van der Waals surface area contributed by atoms with E-state index in [4.69, 9.17) is 9.47 Å². The van der Waals surface area contributed by atoms with Crippen molar-refractivity contribution in [1.29, 1.82) is 0 Å². The highest BCUT2D eigenvalue weighted by atomic mass is 16.7. The first-order valence-electron chi connectivity index (χ1n) is 6.79. The molecule has 0 unspecified atom stereocenters. The fourth-order valence-corrected chi connectivity index (χ4v) is 1.92. The fraction of sp³-hybridized carbons (Fsp3) is 0.429. The lowest BCUT2D eigenvalue weighted by Crippen LogP contribution is -2.29. The number of carbonyl (C=O) groups is 2. The number of aliphatic carboxylic acids is 1. The Morgan fingerprint density at radius 2 is 1.95 bits per heavy atom. The predicted octanol–water partition coefficient (Wildman–Crippen LogP) is 0.847. The minimum atomic E-state index is -1.04. The molecule has 0 aromatic heterocycles. The van der Waals surface area contributed by atoms with E-state index in [-0.39, 0.29) is 19.2 Å². The molecule has 1 aromatic carbocycles. The number of carboxylic acids is 1. The maximum absolute atomic E-state index is 11.7. The van der Waals surface area contributed by atoms with Crippen LogP contribution >= 0.6 is 0 Å². The molecule has 1 heterocycles. The van der Waals surface area contributed by atoms with Gasteiger partial charge in [0.15, 0.2) is 11.5 Å². The van der Waals surface area contributed by atoms with Gasteiger partial charge >= 0.3 is 6.03 Å². The molecule has 2 rings (SSSR count). The third-order valence-electron chi connectivity index (χ3n) is 2.97. The van der Waals surface area contributed by atoms with Crippen LogP contribution < -0.4 is 25.2 Å². The number of unbranched alkanes of at least 4 members (excludes halogenated alkanes) is 2. The summed E-state index contributed by atoms with van der Waals surface area (Å²) in [5, 5.41) is 15.6. The number of carbonyl (C=O) groups excluding carboxylic acids is 2. The van der Waals surface area contributed by atoms with E-state index in [1.165, 1.54) is 0 Å². The average Bonchev–Trinajstić information content (AvgIpc) is 2.89. The molecule has 1 aliphatic rings. The Bertz CT molecular complexity index is 518. The number of carboxylic acid groups (broad SMARTS) is 1. The maximum atomic E-state index is 11.7. The summed E-state index contributed by atoms with van der Waals surface area (Å²) in [5.74, 6) is 0.229. The van der Waals surface area contributed by atoms with Crippen molar-refractivity contribution in [2.45, 2.75) is 25.7 Å². The van der Waals surface area contributed by atoms with Gasteiger partial charge in [-0.15, -0.1) is 0 Å². The first-order valence-corrected chi connectivity index (χ1v) is 6.79. The zero-order valence-corrected chi connectivity index (χ0v) is 11.5. The Morgan fingerprint density at radius 3 is 2.76 bits per heavy atom. The lowest BCUT2D eigenvalue weighted by atomic mass is 10.2. The SMILES string of the molecule is O=C([O-])CCCCCNC(=O)Nc1ccc2c(c1)OCO2. The van der Waals surface area contributed by atoms with Crippen LogP contribution in [0, 0.1) is 0 Å². The standard InChI is InChI=1S/C14H18N2O5/c17-13(18)4-2-1-3-7-15-14(19)16-10-5-6-11-12(8-10)21-9-20-11/h5-6,8H,1-4,7,9H2,(H,17,18)(H2,15,16,19)/p-1. The normalized spacial score (nSPS) is 12.0. The molecule has 2 N–H and O–H groups in total. The molecule has 0 fully saturated rings. The number of ether oxygens (including phenoxy) is 2. The number of benzene rings is 1. The summed E-state index contributed by atoms with van der Waals surface area (Å²) in [4.78, 5) is 21.9. The molecule has 7 nitrogen and oxygen atoms in total. The van der Waals surface area contributed by atoms with Gasteiger partial charge in [0, 0.05) is 24.3 Å². The molecule has 0 spiro atoms. The van der Waals surface area contributed by atoms with Crippen LogP contribution in [0.2, 0.25) is 0 Å². The Labute approximate surface area is 122 Å². The lowest BCUT2D eigenvalue weighted by molar-refractivity contribution is -0.305. The average molecular weight is 293 g/mol. The van der Waals surface area contributed by atoms with Crippen molar-refractivity contribution in [3.05, 3.63) is 18.2 Å². The Morgan fingerprint density at radius 1 is 1.14 bits per heavy atom. The molecular weight excluding hydrogens is 276 g/mol. The smallest absolute Gasteiger partial charge is 0.319 e. The highest BCUT2D eigenvalue weighted by Crippen LogP contribution is 2.34. The number of hydrogen-bond donors (Lipinski definition) is 2. The molecule has 0 aliphatic carbocycles. The second kappa shape index (κ2) is 7.37. The van der Waals surface area contributed by atoms with Crippen molar-refractivity contribution >= 4 is 17.7 Å². The second-order valence-corrected chi connectivity index (χ2v) is 4.63. The molecule has 7 heteroatoms. The third-order valence-corrected chi connectivity index (χ3v) is 2.97. The van der Waals surface area contributed by atoms with E-state index in [1.807, 2.05) is 0 Å². The van der Waals surface area contributed by atoms with Gasteiger partial charge in [-0.3, -0.25) is 0 Å².